The summed E-state index contributed by atoms with van der Waals surface area (Å²) in [7, 11) is 1.41. The maximum atomic E-state index is 12.8. The number of nitrogens with one attached hydrogen (secondary N) is 1. The lowest BCUT2D eigenvalue weighted by atomic mass is 9.95. The highest BCUT2D eigenvalue weighted by atomic mass is 32.1. The van der Waals surface area contributed by atoms with E-state index in [0.29, 0.717) is 11.3 Å². The van der Waals surface area contributed by atoms with Crippen molar-refractivity contribution in [3.63, 3.8) is 0 Å². The lowest BCUT2D eigenvalue weighted by Crippen LogP contribution is -2.13. The zero-order chi connectivity index (χ0) is 25.1. The first-order chi connectivity index (χ1) is 16.9. The van der Waals surface area contributed by atoms with Gasteiger partial charge < -0.3 is 14.6 Å². The number of carbonyl (C=O) groups excluding carboxylic acids is 2. The first kappa shape index (κ1) is 24.5. The van der Waals surface area contributed by atoms with E-state index in [1.165, 1.54) is 17.6 Å². The van der Waals surface area contributed by atoms with Crippen LogP contribution < -0.4 is 5.32 Å². The molecule has 1 aliphatic carbocycles. The summed E-state index contributed by atoms with van der Waals surface area (Å²) < 4.78 is 7.18. The molecule has 0 saturated heterocycles. The van der Waals surface area contributed by atoms with Gasteiger partial charge in [0, 0.05) is 22.0 Å². The maximum Gasteiger partial charge on any atom is 0.341 e. The second kappa shape index (κ2) is 10.3. The second-order valence-corrected chi connectivity index (χ2v) is 9.80. The van der Waals surface area contributed by atoms with Gasteiger partial charge in [-0.25, -0.2) is 4.79 Å². The molecule has 0 saturated carbocycles. The van der Waals surface area contributed by atoms with Crippen LogP contribution in [0.4, 0.5) is 5.69 Å². The van der Waals surface area contributed by atoms with E-state index in [4.69, 9.17) is 4.74 Å². The number of aryl methyl sites for hydroxylation is 3. The summed E-state index contributed by atoms with van der Waals surface area (Å²) >= 11 is 1.63. The van der Waals surface area contributed by atoms with Crippen LogP contribution in [0.2, 0.25) is 0 Å². The molecular weight excluding hydrogens is 458 g/mol. The standard InChI is InChI=1S/C28H29N3O3S/c1-5-19-10-12-22(13-11-19)30-26(32)21(16-29)15-20-14-17(2)31(18(20)3)27-25(28(33)34-4)23-8-6-7-9-24(23)35-27/h10-15H,5-9H2,1-4H3,(H,30,32)/b21-15-. The summed E-state index contributed by atoms with van der Waals surface area (Å²) in [5.74, 6) is -0.779. The Morgan fingerprint density at radius 1 is 1.20 bits per heavy atom. The van der Waals surface area contributed by atoms with Crippen LogP contribution in [0.25, 0.3) is 11.1 Å². The lowest BCUT2D eigenvalue weighted by molar-refractivity contribution is -0.112. The predicted octanol–water partition coefficient (Wildman–Crippen LogP) is 5.93. The average Bonchev–Trinajstić information content (AvgIpc) is 3.38. The number of nitrogens with zero attached hydrogens (tertiary/aromatic N) is 2. The zero-order valence-electron chi connectivity index (χ0n) is 20.5. The Morgan fingerprint density at radius 2 is 1.91 bits per heavy atom. The molecule has 0 unspecified atom stereocenters. The second-order valence-electron chi connectivity index (χ2n) is 8.72. The lowest BCUT2D eigenvalue weighted by Gasteiger charge is -2.12. The molecule has 7 heteroatoms. The number of carbonyl (C=O) groups is 2. The minimum atomic E-state index is -0.455. The van der Waals surface area contributed by atoms with Crippen LogP contribution in [0.3, 0.4) is 0 Å². The normalized spacial score (nSPS) is 13.2. The Bertz CT molecular complexity index is 1350. The number of ether oxygens (including phenoxy) is 1. The van der Waals surface area contributed by atoms with Gasteiger partial charge in [0.2, 0.25) is 0 Å². The number of amides is 1. The number of fused-ring (bicyclic) bond motifs is 1. The highest BCUT2D eigenvalue weighted by Crippen LogP contribution is 2.39. The third-order valence-corrected chi connectivity index (χ3v) is 7.78. The Balaban J connectivity index is 1.70. The van der Waals surface area contributed by atoms with E-state index in [0.717, 1.165) is 59.6 Å². The summed E-state index contributed by atoms with van der Waals surface area (Å²) in [6, 6.07) is 11.6. The van der Waals surface area contributed by atoms with Gasteiger partial charge in [0.15, 0.2) is 0 Å². The molecule has 0 atom stereocenters. The molecule has 4 rings (SSSR count). The van der Waals surface area contributed by atoms with Crippen molar-refractivity contribution >= 4 is 35.0 Å². The Kier molecular flexibility index (Phi) is 7.23. The minimum absolute atomic E-state index is 0.0171. The minimum Gasteiger partial charge on any atom is -0.465 e. The summed E-state index contributed by atoms with van der Waals surface area (Å²) in [5.41, 5.74) is 6.11. The first-order valence-corrected chi connectivity index (χ1v) is 12.6. The fourth-order valence-electron chi connectivity index (χ4n) is 4.59. The molecule has 3 aromatic rings. The van der Waals surface area contributed by atoms with Gasteiger partial charge in [0.25, 0.3) is 5.91 Å². The van der Waals surface area contributed by atoms with Crippen molar-refractivity contribution in [1.82, 2.24) is 4.57 Å². The summed E-state index contributed by atoms with van der Waals surface area (Å²) in [6.07, 6.45) is 6.55. The molecule has 1 N–H and O–H groups in total. The number of thiophene rings is 1. The van der Waals surface area contributed by atoms with Gasteiger partial charge in [-0.05, 0) is 86.9 Å². The third kappa shape index (κ3) is 4.80. The average molecular weight is 488 g/mol. The number of nitriles is 1. The summed E-state index contributed by atoms with van der Waals surface area (Å²) in [4.78, 5) is 26.8. The molecule has 0 fully saturated rings. The largest absolute Gasteiger partial charge is 0.465 e. The third-order valence-electron chi connectivity index (χ3n) is 6.50. The van der Waals surface area contributed by atoms with Gasteiger partial charge in [0.05, 0.1) is 12.7 Å². The zero-order valence-corrected chi connectivity index (χ0v) is 21.3. The number of hydrogen-bond acceptors (Lipinski definition) is 5. The van der Waals surface area contributed by atoms with Crippen LogP contribution in [-0.2, 0) is 28.8 Å². The molecule has 0 spiro atoms. The fraction of sp³-hybridized carbons (Fsp3) is 0.321. The highest BCUT2D eigenvalue weighted by molar-refractivity contribution is 7.15. The van der Waals surface area contributed by atoms with Crippen molar-refractivity contribution in [3.05, 3.63) is 74.4 Å². The SMILES string of the molecule is CCc1ccc(NC(=O)/C(C#N)=C\c2cc(C)n(-c3sc4c(c3C(=O)OC)CCCC4)c2C)cc1. The summed E-state index contributed by atoms with van der Waals surface area (Å²) in [6.45, 7) is 5.97. The van der Waals surface area contributed by atoms with Crippen molar-refractivity contribution < 1.29 is 14.3 Å². The van der Waals surface area contributed by atoms with Gasteiger partial charge in [0.1, 0.15) is 16.6 Å². The van der Waals surface area contributed by atoms with E-state index >= 15 is 0 Å². The molecule has 0 radical (unpaired) electrons. The van der Waals surface area contributed by atoms with Crippen LogP contribution in [-0.4, -0.2) is 23.6 Å². The van der Waals surface area contributed by atoms with Gasteiger partial charge >= 0.3 is 5.97 Å². The highest BCUT2D eigenvalue weighted by Gasteiger charge is 2.28. The van der Waals surface area contributed by atoms with Crippen molar-refractivity contribution in [3.8, 4) is 11.1 Å². The van der Waals surface area contributed by atoms with Gasteiger partial charge in [-0.15, -0.1) is 11.3 Å². The summed E-state index contributed by atoms with van der Waals surface area (Å²) in [5, 5.41) is 13.4. The van der Waals surface area contributed by atoms with E-state index in [1.807, 2.05) is 54.8 Å². The number of rotatable bonds is 6. The quantitative estimate of drug-likeness (QED) is 0.265. The van der Waals surface area contributed by atoms with Gasteiger partial charge in [-0.3, -0.25) is 4.79 Å². The number of esters is 1. The van der Waals surface area contributed by atoms with Crippen molar-refractivity contribution in [2.45, 2.75) is 52.9 Å². The molecule has 180 valence electrons. The Hall–Kier alpha value is -3.63. The van der Waals surface area contributed by atoms with E-state index in [2.05, 4.69) is 12.2 Å². The molecule has 6 nitrogen and oxygen atoms in total. The van der Waals surface area contributed by atoms with E-state index in [9.17, 15) is 14.9 Å². The topological polar surface area (TPSA) is 84.1 Å². The molecule has 2 aromatic heterocycles. The van der Waals surface area contributed by atoms with Crippen LogP contribution in [0.1, 0.15) is 63.1 Å². The van der Waals surface area contributed by atoms with Crippen LogP contribution in [0.15, 0.2) is 35.9 Å². The Labute approximate surface area is 209 Å². The number of methoxy groups -OCH3 is 1. The smallest absolute Gasteiger partial charge is 0.341 e. The molecule has 0 bridgehead atoms. The van der Waals surface area contributed by atoms with Gasteiger partial charge in [-0.1, -0.05) is 19.1 Å². The van der Waals surface area contributed by atoms with Gasteiger partial charge in [-0.2, -0.15) is 5.26 Å². The molecule has 1 amide bonds. The van der Waals surface area contributed by atoms with E-state index in [-0.39, 0.29) is 11.5 Å². The molecule has 1 aromatic carbocycles. The molecule has 35 heavy (non-hydrogen) atoms. The van der Waals surface area contributed by atoms with Crippen molar-refractivity contribution in [1.29, 1.82) is 5.26 Å². The van der Waals surface area contributed by atoms with Crippen LogP contribution in [0, 0.1) is 25.2 Å². The van der Waals surface area contributed by atoms with Crippen molar-refractivity contribution in [2.75, 3.05) is 12.4 Å². The maximum absolute atomic E-state index is 12.8. The van der Waals surface area contributed by atoms with Crippen molar-refractivity contribution in [2.24, 2.45) is 0 Å². The molecular formula is C28H29N3O3S. The first-order valence-electron chi connectivity index (χ1n) is 11.8. The van der Waals surface area contributed by atoms with Crippen LogP contribution >= 0.6 is 11.3 Å². The Morgan fingerprint density at radius 3 is 2.57 bits per heavy atom. The predicted molar refractivity (Wildman–Crippen MR) is 139 cm³/mol. The fourth-order valence-corrected chi connectivity index (χ4v) is 6.08. The molecule has 1 aliphatic rings. The number of hydrogen-bond donors (Lipinski definition) is 1. The number of benzene rings is 1. The van der Waals surface area contributed by atoms with E-state index in [1.54, 1.807) is 17.4 Å². The number of aromatic nitrogens is 1. The molecule has 0 aliphatic heterocycles. The molecule has 2 heterocycles. The monoisotopic (exact) mass is 487 g/mol. The van der Waals surface area contributed by atoms with E-state index < -0.39 is 5.91 Å². The number of anilines is 1. The van der Waals surface area contributed by atoms with Crippen LogP contribution in [0.5, 0.6) is 0 Å².